The number of aryl methyl sites for hydroxylation is 1. The molecule has 1 fully saturated rings. The van der Waals surface area contributed by atoms with Crippen LogP contribution in [-0.2, 0) is 16.0 Å². The Morgan fingerprint density at radius 2 is 1.96 bits per heavy atom. The summed E-state index contributed by atoms with van der Waals surface area (Å²) >= 11 is 0. The van der Waals surface area contributed by atoms with Crippen molar-refractivity contribution in [3.63, 3.8) is 0 Å². The lowest BCUT2D eigenvalue weighted by molar-refractivity contribution is -0.116. The molecule has 5 heteroatoms. The van der Waals surface area contributed by atoms with Crippen LogP contribution in [0.3, 0.4) is 0 Å². The van der Waals surface area contributed by atoms with Gasteiger partial charge in [-0.25, -0.2) is 0 Å². The molecule has 0 bridgehead atoms. The molecule has 0 atom stereocenters. The van der Waals surface area contributed by atoms with Crippen LogP contribution in [0.15, 0.2) is 36.4 Å². The van der Waals surface area contributed by atoms with Gasteiger partial charge in [-0.15, -0.1) is 0 Å². The average molecular weight is 327 g/mol. The highest BCUT2D eigenvalue weighted by Gasteiger charge is 2.12. The lowest BCUT2D eigenvalue weighted by Gasteiger charge is -2.26. The van der Waals surface area contributed by atoms with E-state index in [1.54, 1.807) is 0 Å². The zero-order valence-electron chi connectivity index (χ0n) is 14.0. The highest BCUT2D eigenvalue weighted by atomic mass is 16.5. The van der Waals surface area contributed by atoms with Gasteiger partial charge < -0.3 is 15.8 Å². The van der Waals surface area contributed by atoms with Crippen molar-refractivity contribution in [3.05, 3.63) is 42.0 Å². The van der Waals surface area contributed by atoms with E-state index in [-0.39, 0.29) is 12.5 Å². The Hall–Kier alpha value is -2.11. The Balaban J connectivity index is 1.74. The predicted molar refractivity (Wildman–Crippen MR) is 97.2 cm³/mol. The van der Waals surface area contributed by atoms with Crippen molar-refractivity contribution in [1.82, 2.24) is 4.90 Å². The summed E-state index contributed by atoms with van der Waals surface area (Å²) in [4.78, 5) is 13.6. The number of rotatable bonds is 7. The molecular formula is C19H25N3O2. The molecule has 24 heavy (non-hydrogen) atoms. The van der Waals surface area contributed by atoms with Crippen LogP contribution in [0.2, 0.25) is 0 Å². The van der Waals surface area contributed by atoms with E-state index >= 15 is 0 Å². The highest BCUT2D eigenvalue weighted by molar-refractivity contribution is 5.91. The Morgan fingerprint density at radius 3 is 2.75 bits per heavy atom. The number of nitrogens with zero attached hydrogens (tertiary/aromatic N) is 1. The van der Waals surface area contributed by atoms with E-state index in [9.17, 15) is 4.79 Å². The number of hydrogen-bond donors (Lipinski definition) is 2. The van der Waals surface area contributed by atoms with Gasteiger partial charge in [-0.3, -0.25) is 9.69 Å². The van der Waals surface area contributed by atoms with E-state index in [2.05, 4.69) is 46.6 Å². The SMILES string of the molecule is NC(=O)CNc1ccc2ccccc2c1CCCN1CCOCC1. The number of carbonyl (C=O) groups is 1. The van der Waals surface area contributed by atoms with Crippen molar-refractivity contribution in [3.8, 4) is 0 Å². The van der Waals surface area contributed by atoms with E-state index in [1.165, 1.54) is 16.3 Å². The van der Waals surface area contributed by atoms with Gasteiger partial charge in [0.15, 0.2) is 0 Å². The van der Waals surface area contributed by atoms with E-state index in [0.29, 0.717) is 0 Å². The van der Waals surface area contributed by atoms with Crippen LogP contribution in [0, 0.1) is 0 Å². The van der Waals surface area contributed by atoms with Crippen LogP contribution >= 0.6 is 0 Å². The zero-order valence-corrected chi connectivity index (χ0v) is 14.0. The lowest BCUT2D eigenvalue weighted by Crippen LogP contribution is -2.37. The molecule has 2 aromatic carbocycles. The minimum absolute atomic E-state index is 0.162. The molecule has 0 unspecified atom stereocenters. The van der Waals surface area contributed by atoms with E-state index < -0.39 is 0 Å². The van der Waals surface area contributed by atoms with Crippen LogP contribution < -0.4 is 11.1 Å². The van der Waals surface area contributed by atoms with Crippen LogP contribution in [0.4, 0.5) is 5.69 Å². The Kier molecular flexibility index (Phi) is 5.67. The van der Waals surface area contributed by atoms with Gasteiger partial charge in [0.1, 0.15) is 0 Å². The maximum absolute atomic E-state index is 11.1. The van der Waals surface area contributed by atoms with Gasteiger partial charge in [0.25, 0.3) is 0 Å². The molecule has 1 amide bonds. The number of morpholine rings is 1. The summed E-state index contributed by atoms with van der Waals surface area (Å²) in [6, 6.07) is 12.5. The molecule has 1 aliphatic rings. The van der Waals surface area contributed by atoms with Gasteiger partial charge in [-0.2, -0.15) is 0 Å². The zero-order chi connectivity index (χ0) is 16.8. The first-order valence-electron chi connectivity index (χ1n) is 8.57. The molecule has 0 aromatic heterocycles. The molecule has 0 radical (unpaired) electrons. The van der Waals surface area contributed by atoms with Crippen molar-refractivity contribution in [2.75, 3.05) is 44.7 Å². The maximum atomic E-state index is 11.1. The Morgan fingerprint density at radius 1 is 1.17 bits per heavy atom. The van der Waals surface area contributed by atoms with Crippen molar-refractivity contribution in [1.29, 1.82) is 0 Å². The van der Waals surface area contributed by atoms with E-state index in [0.717, 1.165) is 51.4 Å². The number of nitrogens with one attached hydrogen (secondary N) is 1. The Labute approximate surface area is 142 Å². The number of carbonyl (C=O) groups excluding carboxylic acids is 1. The first kappa shape index (κ1) is 16.7. The number of ether oxygens (including phenoxy) is 1. The molecule has 128 valence electrons. The monoisotopic (exact) mass is 327 g/mol. The molecular weight excluding hydrogens is 302 g/mol. The van der Waals surface area contributed by atoms with Crippen LogP contribution in [0.1, 0.15) is 12.0 Å². The number of fused-ring (bicyclic) bond motifs is 1. The van der Waals surface area contributed by atoms with Gasteiger partial charge in [-0.1, -0.05) is 30.3 Å². The summed E-state index contributed by atoms with van der Waals surface area (Å²) in [5, 5.41) is 5.66. The van der Waals surface area contributed by atoms with Gasteiger partial charge in [0.05, 0.1) is 19.8 Å². The van der Waals surface area contributed by atoms with Crippen LogP contribution in [0.25, 0.3) is 10.8 Å². The fourth-order valence-corrected chi connectivity index (χ4v) is 3.26. The molecule has 2 aromatic rings. The molecule has 0 aliphatic carbocycles. The number of primary amides is 1. The molecule has 3 N–H and O–H groups in total. The highest BCUT2D eigenvalue weighted by Crippen LogP contribution is 2.27. The summed E-state index contributed by atoms with van der Waals surface area (Å²) in [5.41, 5.74) is 7.56. The first-order valence-corrected chi connectivity index (χ1v) is 8.57. The molecule has 1 aliphatic heterocycles. The molecule has 1 saturated heterocycles. The quantitative estimate of drug-likeness (QED) is 0.816. The number of nitrogens with two attached hydrogens (primary N) is 1. The molecule has 5 nitrogen and oxygen atoms in total. The van der Waals surface area contributed by atoms with Crippen LogP contribution in [-0.4, -0.2) is 50.2 Å². The fourth-order valence-electron chi connectivity index (χ4n) is 3.26. The van der Waals surface area contributed by atoms with Gasteiger partial charge in [-0.05, 0) is 41.8 Å². The third-order valence-corrected chi connectivity index (χ3v) is 4.50. The second kappa shape index (κ2) is 8.13. The molecule has 3 rings (SSSR count). The van der Waals surface area contributed by atoms with Gasteiger partial charge in [0.2, 0.25) is 5.91 Å². The van der Waals surface area contributed by atoms with Crippen molar-refractivity contribution in [2.24, 2.45) is 5.73 Å². The first-order chi connectivity index (χ1) is 11.7. The number of hydrogen-bond acceptors (Lipinski definition) is 4. The summed E-state index contributed by atoms with van der Waals surface area (Å²) in [7, 11) is 0. The number of amides is 1. The van der Waals surface area contributed by atoms with E-state index in [4.69, 9.17) is 10.5 Å². The summed E-state index contributed by atoms with van der Waals surface area (Å²) < 4.78 is 5.40. The predicted octanol–water partition coefficient (Wildman–Crippen LogP) is 2.00. The van der Waals surface area contributed by atoms with Gasteiger partial charge in [0, 0.05) is 18.8 Å². The van der Waals surface area contributed by atoms with Gasteiger partial charge >= 0.3 is 0 Å². The number of benzene rings is 2. The van der Waals surface area contributed by atoms with Crippen LogP contribution in [0.5, 0.6) is 0 Å². The third-order valence-electron chi connectivity index (χ3n) is 4.50. The molecule has 0 spiro atoms. The van der Waals surface area contributed by atoms with Crippen molar-refractivity contribution in [2.45, 2.75) is 12.8 Å². The summed E-state index contributed by atoms with van der Waals surface area (Å²) in [5.74, 6) is -0.345. The van der Waals surface area contributed by atoms with Crippen molar-refractivity contribution >= 4 is 22.4 Å². The normalized spacial score (nSPS) is 15.5. The second-order valence-electron chi connectivity index (χ2n) is 6.19. The van der Waals surface area contributed by atoms with E-state index in [1.807, 2.05) is 0 Å². The Bertz CT molecular complexity index is 696. The van der Waals surface area contributed by atoms with Crippen molar-refractivity contribution < 1.29 is 9.53 Å². The summed E-state index contributed by atoms with van der Waals surface area (Å²) in [6.07, 6.45) is 2.05. The molecule has 0 saturated carbocycles. The second-order valence-corrected chi connectivity index (χ2v) is 6.19. The minimum atomic E-state index is -0.345. The third kappa shape index (κ3) is 4.24. The standard InChI is InChI=1S/C19H25N3O2/c20-19(23)14-21-18-8-7-15-4-1-2-5-16(15)17(18)6-3-9-22-10-12-24-13-11-22/h1-2,4-5,7-8,21H,3,6,9-14H2,(H2,20,23). The largest absolute Gasteiger partial charge is 0.379 e. The molecule has 1 heterocycles. The topological polar surface area (TPSA) is 67.6 Å². The summed E-state index contributed by atoms with van der Waals surface area (Å²) in [6.45, 7) is 4.93. The fraction of sp³-hybridized carbons (Fsp3) is 0.421. The average Bonchev–Trinajstić information content (AvgIpc) is 2.61. The maximum Gasteiger partial charge on any atom is 0.236 e. The smallest absolute Gasteiger partial charge is 0.236 e. The number of anilines is 1. The minimum Gasteiger partial charge on any atom is -0.379 e. The lowest BCUT2D eigenvalue weighted by atomic mass is 9.98.